The number of carbonyl (C=O) groups excluding carboxylic acids is 1. The molecule has 3 rings (SSSR count). The molecule has 11 heteroatoms. The fourth-order valence-electron chi connectivity index (χ4n) is 3.58. The molecule has 0 spiro atoms. The van der Waals surface area contributed by atoms with Crippen LogP contribution in [0.25, 0.3) is 10.9 Å². The lowest BCUT2D eigenvalue weighted by Gasteiger charge is -2.25. The van der Waals surface area contributed by atoms with Crippen LogP contribution in [0.1, 0.15) is 45.0 Å². The molecule has 176 valence electrons. The summed E-state index contributed by atoms with van der Waals surface area (Å²) in [5.41, 5.74) is -3.81. The van der Waals surface area contributed by atoms with Gasteiger partial charge in [-0.25, -0.2) is 22.5 Å². The molecule has 0 unspecified atom stereocenters. The van der Waals surface area contributed by atoms with Crippen LogP contribution in [0.4, 0.5) is 13.2 Å². The maximum absolute atomic E-state index is 14.6. The van der Waals surface area contributed by atoms with Crippen molar-refractivity contribution < 1.29 is 22.7 Å². The first-order valence-corrected chi connectivity index (χ1v) is 10.0. The first-order chi connectivity index (χ1) is 15.4. The topological polar surface area (TPSA) is 106 Å². The van der Waals surface area contributed by atoms with Crippen LogP contribution in [-0.4, -0.2) is 33.2 Å². The van der Waals surface area contributed by atoms with Gasteiger partial charge in [-0.05, 0) is 32.9 Å². The third-order valence-electron chi connectivity index (χ3n) is 5.04. The highest BCUT2D eigenvalue weighted by Crippen LogP contribution is 2.26. The summed E-state index contributed by atoms with van der Waals surface area (Å²) in [6.07, 6.45) is 0.253. The van der Waals surface area contributed by atoms with E-state index >= 15 is 0 Å². The summed E-state index contributed by atoms with van der Waals surface area (Å²) in [7, 11) is 1.34. The van der Waals surface area contributed by atoms with E-state index in [9.17, 15) is 27.6 Å². The molecular formula is C22H23F3N4O4. The number of benzene rings is 1. The van der Waals surface area contributed by atoms with Crippen molar-refractivity contribution in [2.45, 2.75) is 44.9 Å². The Morgan fingerprint density at radius 1 is 1.30 bits per heavy atom. The lowest BCUT2D eigenvalue weighted by molar-refractivity contribution is -0.126. The van der Waals surface area contributed by atoms with Gasteiger partial charge in [0.2, 0.25) is 5.91 Å². The number of pyridine rings is 1. The maximum Gasteiger partial charge on any atom is 0.329 e. The van der Waals surface area contributed by atoms with Crippen molar-refractivity contribution >= 4 is 16.8 Å². The summed E-state index contributed by atoms with van der Waals surface area (Å²) in [5, 5.41) is 2.44. The molecule has 2 atom stereocenters. The number of amides is 1. The highest BCUT2D eigenvalue weighted by atomic mass is 19.1. The molecule has 0 saturated carbocycles. The molecule has 3 aromatic rings. The summed E-state index contributed by atoms with van der Waals surface area (Å²) >= 11 is 0. The van der Waals surface area contributed by atoms with Gasteiger partial charge in [0.1, 0.15) is 34.5 Å². The minimum atomic E-state index is -1.95. The number of fused-ring (bicyclic) bond motifs is 1. The quantitative estimate of drug-likeness (QED) is 0.559. The number of nitrogens with zero attached hydrogens (tertiary/aromatic N) is 2. The van der Waals surface area contributed by atoms with Gasteiger partial charge in [-0.3, -0.25) is 14.6 Å². The van der Waals surface area contributed by atoms with Gasteiger partial charge in [-0.15, -0.1) is 0 Å². The van der Waals surface area contributed by atoms with Gasteiger partial charge in [0.15, 0.2) is 0 Å². The van der Waals surface area contributed by atoms with Crippen molar-refractivity contribution in [2.24, 2.45) is 0 Å². The number of rotatable bonds is 7. The summed E-state index contributed by atoms with van der Waals surface area (Å²) in [6, 6.07) is 2.53. The summed E-state index contributed by atoms with van der Waals surface area (Å²) in [6.45, 7) is 3.77. The number of ether oxygens (including phenoxy) is 1. The van der Waals surface area contributed by atoms with Crippen molar-refractivity contribution in [2.75, 3.05) is 7.11 Å². The highest BCUT2D eigenvalue weighted by Gasteiger charge is 2.33. The number of aromatic nitrogens is 3. The normalized spacial score (nSPS) is 13.5. The maximum atomic E-state index is 14.6. The largest absolute Gasteiger partial charge is 0.496 e. The van der Waals surface area contributed by atoms with Gasteiger partial charge < -0.3 is 15.0 Å². The van der Waals surface area contributed by atoms with Gasteiger partial charge in [0, 0.05) is 12.5 Å². The third-order valence-corrected chi connectivity index (χ3v) is 5.04. The molecule has 0 saturated heterocycles. The molecule has 2 N–H and O–H groups in total. The number of alkyl halides is 1. The van der Waals surface area contributed by atoms with Crippen LogP contribution in [0.15, 0.2) is 40.1 Å². The number of hydrogen-bond acceptors (Lipinski definition) is 5. The minimum absolute atomic E-state index is 0.00774. The summed E-state index contributed by atoms with van der Waals surface area (Å²) in [5.74, 6) is -2.64. The molecule has 2 heterocycles. The van der Waals surface area contributed by atoms with Gasteiger partial charge in [-0.1, -0.05) is 6.07 Å². The molecule has 0 fully saturated rings. The van der Waals surface area contributed by atoms with Crippen molar-refractivity contribution in [3.63, 3.8) is 0 Å². The second-order valence-electron chi connectivity index (χ2n) is 8.18. The number of nitrogens with one attached hydrogen (secondary N) is 2. The van der Waals surface area contributed by atoms with Crippen LogP contribution in [0.2, 0.25) is 0 Å². The van der Waals surface area contributed by atoms with E-state index in [1.807, 2.05) is 0 Å². The van der Waals surface area contributed by atoms with E-state index in [-0.39, 0.29) is 22.3 Å². The Morgan fingerprint density at radius 3 is 2.61 bits per heavy atom. The lowest BCUT2D eigenvalue weighted by atomic mass is 9.99. The van der Waals surface area contributed by atoms with E-state index < -0.39 is 53.0 Å². The number of H-pyrrole nitrogens is 1. The van der Waals surface area contributed by atoms with Crippen molar-refractivity contribution in [3.8, 4) is 5.75 Å². The van der Waals surface area contributed by atoms with E-state index in [4.69, 9.17) is 4.74 Å². The predicted molar refractivity (Wildman–Crippen MR) is 115 cm³/mol. The van der Waals surface area contributed by atoms with Crippen molar-refractivity contribution in [1.29, 1.82) is 0 Å². The smallest absolute Gasteiger partial charge is 0.329 e. The standard InChI is InChI=1S/C22H23F3N4O4/c1-11(18-13(24)8-12(23)10-26-18)27-19(30)15(9-22(2,3)25)29-20(31)17-14(28-21(29)32)6-5-7-16(17)33-4/h5-8,10-11,15H,9H2,1-4H3,(H,27,30)(H,28,32)/t11-,15+/m0/s1. The van der Waals surface area contributed by atoms with E-state index in [0.29, 0.717) is 10.6 Å². The Bertz CT molecular complexity index is 1310. The molecule has 1 amide bonds. The Balaban J connectivity index is 2.10. The second-order valence-corrected chi connectivity index (χ2v) is 8.18. The third kappa shape index (κ3) is 5.07. The molecule has 1 aromatic carbocycles. The first-order valence-electron chi connectivity index (χ1n) is 10.0. The fraction of sp³-hybridized carbons (Fsp3) is 0.364. The Hall–Kier alpha value is -3.63. The van der Waals surface area contributed by atoms with Gasteiger partial charge >= 0.3 is 5.69 Å². The van der Waals surface area contributed by atoms with E-state index in [0.717, 1.165) is 6.20 Å². The molecule has 0 bridgehead atoms. The van der Waals surface area contributed by atoms with Gasteiger partial charge in [0.05, 0.1) is 30.6 Å². The molecule has 0 aliphatic rings. The number of aromatic amines is 1. The molecular weight excluding hydrogens is 441 g/mol. The zero-order chi connectivity index (χ0) is 24.5. The monoisotopic (exact) mass is 464 g/mol. The molecule has 2 aromatic heterocycles. The van der Waals surface area contributed by atoms with E-state index in [2.05, 4.69) is 15.3 Å². The van der Waals surface area contributed by atoms with Crippen LogP contribution in [0.3, 0.4) is 0 Å². The van der Waals surface area contributed by atoms with Crippen LogP contribution in [-0.2, 0) is 4.79 Å². The zero-order valence-electron chi connectivity index (χ0n) is 18.4. The van der Waals surface area contributed by atoms with E-state index in [1.54, 1.807) is 6.07 Å². The zero-order valence-corrected chi connectivity index (χ0v) is 18.4. The fourth-order valence-corrected chi connectivity index (χ4v) is 3.58. The van der Waals surface area contributed by atoms with Crippen LogP contribution >= 0.6 is 0 Å². The SMILES string of the molecule is COc1cccc2[nH]c(=O)n([C@H](CC(C)(C)F)C(=O)N[C@@H](C)c3ncc(F)cc3F)c(=O)c12. The van der Waals surface area contributed by atoms with Crippen molar-refractivity contribution in [3.05, 3.63) is 68.6 Å². The lowest BCUT2D eigenvalue weighted by Crippen LogP contribution is -2.47. The van der Waals surface area contributed by atoms with Crippen LogP contribution < -0.4 is 21.3 Å². The summed E-state index contributed by atoms with van der Waals surface area (Å²) < 4.78 is 47.7. The number of halogens is 3. The Labute approximate surface area is 186 Å². The number of methoxy groups -OCH3 is 1. The molecule has 0 radical (unpaired) electrons. The first kappa shape index (κ1) is 24.0. The second kappa shape index (κ2) is 9.08. The minimum Gasteiger partial charge on any atom is -0.496 e. The van der Waals surface area contributed by atoms with E-state index in [1.165, 1.54) is 40.0 Å². The summed E-state index contributed by atoms with van der Waals surface area (Å²) in [4.78, 5) is 45.3. The average Bonchev–Trinajstić information content (AvgIpc) is 2.71. The van der Waals surface area contributed by atoms with Crippen molar-refractivity contribution in [1.82, 2.24) is 19.9 Å². The average molecular weight is 464 g/mol. The van der Waals surface area contributed by atoms with Crippen LogP contribution in [0, 0.1) is 11.6 Å². The molecule has 8 nitrogen and oxygen atoms in total. The molecule has 0 aliphatic heterocycles. The molecule has 0 aliphatic carbocycles. The highest BCUT2D eigenvalue weighted by molar-refractivity contribution is 5.85. The Kier molecular flexibility index (Phi) is 6.61. The van der Waals surface area contributed by atoms with Gasteiger partial charge in [0.25, 0.3) is 5.56 Å². The predicted octanol–water partition coefficient (Wildman–Crippen LogP) is 2.93. The Morgan fingerprint density at radius 2 is 2.00 bits per heavy atom. The molecule has 33 heavy (non-hydrogen) atoms. The number of carbonyl (C=O) groups is 1. The van der Waals surface area contributed by atoms with Crippen LogP contribution in [0.5, 0.6) is 5.75 Å². The number of hydrogen-bond donors (Lipinski definition) is 2. The van der Waals surface area contributed by atoms with Gasteiger partial charge in [-0.2, -0.15) is 0 Å².